The summed E-state index contributed by atoms with van der Waals surface area (Å²) in [5, 5.41) is 11.8. The van der Waals surface area contributed by atoms with Gasteiger partial charge < -0.3 is 5.32 Å². The molecule has 2 saturated heterocycles. The SMILES string of the molecule is CS(=O)(=O)N1C2CCC1CC(NC(=O)c1ccc(C#N)cc1)C2. The Morgan fingerprint density at radius 2 is 1.78 bits per heavy atom. The van der Waals surface area contributed by atoms with E-state index < -0.39 is 10.0 Å². The van der Waals surface area contributed by atoms with Crippen molar-refractivity contribution in [2.75, 3.05) is 6.26 Å². The van der Waals surface area contributed by atoms with E-state index in [0.29, 0.717) is 24.0 Å². The third-order valence-electron chi connectivity index (χ3n) is 4.66. The van der Waals surface area contributed by atoms with Crippen LogP contribution in [0.5, 0.6) is 0 Å². The van der Waals surface area contributed by atoms with Gasteiger partial charge in [0.1, 0.15) is 0 Å². The zero-order chi connectivity index (χ0) is 16.6. The number of piperidine rings is 1. The van der Waals surface area contributed by atoms with Crippen LogP contribution in [0.2, 0.25) is 0 Å². The number of nitriles is 1. The van der Waals surface area contributed by atoms with Crippen molar-refractivity contribution in [3.8, 4) is 6.07 Å². The predicted molar refractivity (Wildman–Crippen MR) is 85.1 cm³/mol. The number of amides is 1. The van der Waals surface area contributed by atoms with Gasteiger partial charge in [-0.25, -0.2) is 8.42 Å². The number of nitrogens with zero attached hydrogens (tertiary/aromatic N) is 2. The molecular formula is C16H19N3O3S. The second-order valence-corrected chi connectivity index (χ2v) is 8.20. The zero-order valence-electron chi connectivity index (χ0n) is 12.9. The number of hydrogen-bond donors (Lipinski definition) is 1. The van der Waals surface area contributed by atoms with E-state index >= 15 is 0 Å². The number of sulfonamides is 1. The second-order valence-electron chi connectivity index (χ2n) is 6.31. The Morgan fingerprint density at radius 1 is 1.22 bits per heavy atom. The normalized spacial score (nSPS) is 27.4. The molecule has 1 aromatic rings. The Morgan fingerprint density at radius 3 is 2.26 bits per heavy atom. The summed E-state index contributed by atoms with van der Waals surface area (Å²) in [4.78, 5) is 12.3. The van der Waals surface area contributed by atoms with Crippen LogP contribution in [-0.2, 0) is 10.0 Å². The molecule has 2 fully saturated rings. The average molecular weight is 333 g/mol. The molecule has 0 saturated carbocycles. The highest BCUT2D eigenvalue weighted by molar-refractivity contribution is 7.88. The first kappa shape index (κ1) is 16.0. The molecule has 2 aliphatic rings. The van der Waals surface area contributed by atoms with Crippen LogP contribution in [-0.4, -0.2) is 43.0 Å². The van der Waals surface area contributed by atoms with Gasteiger partial charge in [0.15, 0.2) is 0 Å². The van der Waals surface area contributed by atoms with Gasteiger partial charge in [-0.2, -0.15) is 9.57 Å². The third-order valence-corrected chi connectivity index (χ3v) is 6.02. The molecule has 6 nitrogen and oxygen atoms in total. The van der Waals surface area contributed by atoms with Gasteiger partial charge in [0, 0.05) is 23.7 Å². The molecular weight excluding hydrogens is 314 g/mol. The molecule has 23 heavy (non-hydrogen) atoms. The molecule has 0 aliphatic carbocycles. The summed E-state index contributed by atoms with van der Waals surface area (Å²) >= 11 is 0. The van der Waals surface area contributed by atoms with Crippen molar-refractivity contribution in [3.63, 3.8) is 0 Å². The quantitative estimate of drug-likeness (QED) is 0.901. The van der Waals surface area contributed by atoms with E-state index in [2.05, 4.69) is 5.32 Å². The Balaban J connectivity index is 1.66. The number of nitrogens with one attached hydrogen (secondary N) is 1. The largest absolute Gasteiger partial charge is 0.349 e. The van der Waals surface area contributed by atoms with Crippen molar-refractivity contribution < 1.29 is 13.2 Å². The lowest BCUT2D eigenvalue weighted by molar-refractivity contribution is 0.0909. The van der Waals surface area contributed by atoms with E-state index in [-0.39, 0.29) is 24.0 Å². The van der Waals surface area contributed by atoms with Crippen molar-refractivity contribution in [2.24, 2.45) is 0 Å². The minimum atomic E-state index is -3.18. The number of carbonyl (C=O) groups excluding carboxylic acids is 1. The van der Waals surface area contributed by atoms with Crippen LogP contribution < -0.4 is 5.32 Å². The first-order valence-electron chi connectivity index (χ1n) is 7.68. The monoisotopic (exact) mass is 333 g/mol. The lowest BCUT2D eigenvalue weighted by Crippen LogP contribution is -2.52. The van der Waals surface area contributed by atoms with Crippen LogP contribution in [0.3, 0.4) is 0 Å². The van der Waals surface area contributed by atoms with Crippen LogP contribution in [0.4, 0.5) is 0 Å². The molecule has 0 aromatic heterocycles. The lowest BCUT2D eigenvalue weighted by atomic mass is 9.99. The van der Waals surface area contributed by atoms with Crippen molar-refractivity contribution >= 4 is 15.9 Å². The molecule has 2 aliphatic heterocycles. The fourth-order valence-corrected chi connectivity index (χ4v) is 5.22. The van der Waals surface area contributed by atoms with E-state index in [9.17, 15) is 13.2 Å². The van der Waals surface area contributed by atoms with Crippen molar-refractivity contribution in [1.82, 2.24) is 9.62 Å². The Labute approximate surface area is 136 Å². The van der Waals surface area contributed by atoms with Gasteiger partial charge in [0.25, 0.3) is 5.91 Å². The van der Waals surface area contributed by atoms with Gasteiger partial charge in [-0.15, -0.1) is 0 Å². The number of hydrogen-bond acceptors (Lipinski definition) is 4. The maximum Gasteiger partial charge on any atom is 0.251 e. The molecule has 2 unspecified atom stereocenters. The van der Waals surface area contributed by atoms with E-state index in [0.717, 1.165) is 12.8 Å². The molecule has 1 aromatic carbocycles. The Kier molecular flexibility index (Phi) is 4.13. The summed E-state index contributed by atoms with van der Waals surface area (Å²) in [6.07, 6.45) is 4.30. The minimum Gasteiger partial charge on any atom is -0.349 e. The Hall–Kier alpha value is -1.91. The standard InChI is InChI=1S/C16H19N3O3S/c1-23(21,22)19-14-6-7-15(19)9-13(8-14)18-16(20)12-4-2-11(10-17)3-5-12/h2-5,13-15H,6-9H2,1H3,(H,18,20). The van der Waals surface area contributed by atoms with Crippen LogP contribution in [0, 0.1) is 11.3 Å². The third kappa shape index (κ3) is 3.23. The number of fused-ring (bicyclic) bond motifs is 2. The highest BCUT2D eigenvalue weighted by Crippen LogP contribution is 2.37. The second kappa shape index (κ2) is 5.95. The molecule has 7 heteroatoms. The number of benzene rings is 1. The van der Waals surface area contributed by atoms with Gasteiger partial charge in [0.05, 0.1) is 17.9 Å². The van der Waals surface area contributed by atoms with Crippen molar-refractivity contribution in [2.45, 2.75) is 43.8 Å². The van der Waals surface area contributed by atoms with Gasteiger partial charge in [-0.3, -0.25) is 4.79 Å². The average Bonchev–Trinajstić information content (AvgIpc) is 2.80. The van der Waals surface area contributed by atoms with Gasteiger partial charge >= 0.3 is 0 Å². The van der Waals surface area contributed by atoms with E-state index in [4.69, 9.17) is 5.26 Å². The summed E-state index contributed by atoms with van der Waals surface area (Å²) in [6, 6.07) is 8.50. The first-order valence-corrected chi connectivity index (χ1v) is 9.53. The van der Waals surface area contributed by atoms with Gasteiger partial charge in [-0.05, 0) is 49.9 Å². The molecule has 1 N–H and O–H groups in total. The fourth-order valence-electron chi connectivity index (χ4n) is 3.76. The summed E-state index contributed by atoms with van der Waals surface area (Å²) in [5.41, 5.74) is 1.03. The molecule has 0 radical (unpaired) electrons. The number of carbonyl (C=O) groups is 1. The minimum absolute atomic E-state index is 0.00462. The lowest BCUT2D eigenvalue weighted by Gasteiger charge is -2.37. The number of rotatable bonds is 3. The molecule has 1 amide bonds. The highest BCUT2D eigenvalue weighted by atomic mass is 32.2. The van der Waals surface area contributed by atoms with Crippen LogP contribution in [0.15, 0.2) is 24.3 Å². The topological polar surface area (TPSA) is 90.3 Å². The summed E-state index contributed by atoms with van der Waals surface area (Å²) in [6.45, 7) is 0. The zero-order valence-corrected chi connectivity index (χ0v) is 13.7. The highest BCUT2D eigenvalue weighted by Gasteiger charge is 2.45. The molecule has 3 rings (SSSR count). The molecule has 2 heterocycles. The smallest absolute Gasteiger partial charge is 0.251 e. The fraction of sp³-hybridized carbons (Fsp3) is 0.500. The summed E-state index contributed by atoms with van der Waals surface area (Å²) in [5.74, 6) is -0.174. The molecule has 2 atom stereocenters. The summed E-state index contributed by atoms with van der Waals surface area (Å²) < 4.78 is 25.4. The van der Waals surface area contributed by atoms with E-state index in [1.165, 1.54) is 6.26 Å². The predicted octanol–water partition coefficient (Wildman–Crippen LogP) is 1.24. The Bertz CT molecular complexity index is 738. The van der Waals surface area contributed by atoms with E-state index in [1.54, 1.807) is 28.6 Å². The maximum absolute atomic E-state index is 12.3. The summed E-state index contributed by atoms with van der Waals surface area (Å²) in [7, 11) is -3.18. The van der Waals surface area contributed by atoms with Crippen molar-refractivity contribution in [3.05, 3.63) is 35.4 Å². The van der Waals surface area contributed by atoms with Crippen LogP contribution >= 0.6 is 0 Å². The van der Waals surface area contributed by atoms with Crippen LogP contribution in [0.1, 0.15) is 41.6 Å². The van der Waals surface area contributed by atoms with E-state index in [1.807, 2.05) is 6.07 Å². The first-order chi connectivity index (χ1) is 10.9. The van der Waals surface area contributed by atoms with Crippen LogP contribution in [0.25, 0.3) is 0 Å². The molecule has 122 valence electrons. The van der Waals surface area contributed by atoms with Gasteiger partial charge in [0.2, 0.25) is 10.0 Å². The van der Waals surface area contributed by atoms with Crippen molar-refractivity contribution in [1.29, 1.82) is 5.26 Å². The maximum atomic E-state index is 12.3. The molecule has 2 bridgehead atoms. The molecule has 0 spiro atoms. The van der Waals surface area contributed by atoms with Gasteiger partial charge in [-0.1, -0.05) is 0 Å².